The first-order valence-electron chi connectivity index (χ1n) is 5.24. The molecule has 0 saturated heterocycles. The molecule has 0 aliphatic heterocycles. The van der Waals surface area contributed by atoms with Crippen LogP contribution in [0.5, 0.6) is 5.75 Å². The second kappa shape index (κ2) is 6.59. The standard InChI is InChI=1S/C11H15N3O3/c1-3-12-7-9(2)8-17-10-5-4-6-13-11(10)14(15)16/h4-6,12H,2-3,7-8H2,1H3. The summed E-state index contributed by atoms with van der Waals surface area (Å²) >= 11 is 0. The van der Waals surface area contributed by atoms with Crippen LogP contribution in [0, 0.1) is 10.1 Å². The Labute approximate surface area is 99.5 Å². The van der Waals surface area contributed by atoms with Gasteiger partial charge in [0.1, 0.15) is 12.8 Å². The van der Waals surface area contributed by atoms with Crippen LogP contribution in [0.15, 0.2) is 30.5 Å². The monoisotopic (exact) mass is 237 g/mol. The number of hydrogen-bond acceptors (Lipinski definition) is 5. The van der Waals surface area contributed by atoms with Crippen molar-refractivity contribution in [3.8, 4) is 5.75 Å². The van der Waals surface area contributed by atoms with E-state index in [0.29, 0.717) is 6.54 Å². The molecule has 1 aromatic heterocycles. The predicted molar refractivity (Wildman–Crippen MR) is 64.1 cm³/mol. The first-order chi connectivity index (χ1) is 8.15. The number of aromatic nitrogens is 1. The molecule has 0 amide bonds. The fourth-order valence-corrected chi connectivity index (χ4v) is 1.16. The molecule has 0 aromatic carbocycles. The van der Waals surface area contributed by atoms with E-state index in [4.69, 9.17) is 4.74 Å². The lowest BCUT2D eigenvalue weighted by molar-refractivity contribution is -0.390. The second-order valence-corrected chi connectivity index (χ2v) is 3.40. The van der Waals surface area contributed by atoms with Crippen LogP contribution in [0.25, 0.3) is 0 Å². The summed E-state index contributed by atoms with van der Waals surface area (Å²) in [7, 11) is 0. The van der Waals surface area contributed by atoms with E-state index in [2.05, 4.69) is 16.9 Å². The van der Waals surface area contributed by atoms with Crippen molar-refractivity contribution < 1.29 is 9.66 Å². The maximum Gasteiger partial charge on any atom is 0.406 e. The summed E-state index contributed by atoms with van der Waals surface area (Å²) in [6.45, 7) is 7.49. The molecule has 0 spiro atoms. The Morgan fingerprint density at radius 1 is 1.71 bits per heavy atom. The molecule has 92 valence electrons. The van der Waals surface area contributed by atoms with Gasteiger partial charge in [-0.3, -0.25) is 0 Å². The van der Waals surface area contributed by atoms with Gasteiger partial charge in [0.2, 0.25) is 5.75 Å². The number of nitrogens with one attached hydrogen (secondary N) is 1. The van der Waals surface area contributed by atoms with Crippen LogP contribution in [0.3, 0.4) is 0 Å². The zero-order chi connectivity index (χ0) is 12.7. The molecule has 0 fully saturated rings. The van der Waals surface area contributed by atoms with Crippen molar-refractivity contribution in [3.05, 3.63) is 40.6 Å². The van der Waals surface area contributed by atoms with E-state index >= 15 is 0 Å². The van der Waals surface area contributed by atoms with Crippen LogP contribution in [-0.4, -0.2) is 29.6 Å². The van der Waals surface area contributed by atoms with Gasteiger partial charge in [0.15, 0.2) is 0 Å². The molecule has 0 aliphatic carbocycles. The smallest absolute Gasteiger partial charge is 0.406 e. The second-order valence-electron chi connectivity index (χ2n) is 3.40. The van der Waals surface area contributed by atoms with Crippen molar-refractivity contribution in [1.29, 1.82) is 0 Å². The largest absolute Gasteiger partial charge is 0.481 e. The fourth-order valence-electron chi connectivity index (χ4n) is 1.16. The van der Waals surface area contributed by atoms with Gasteiger partial charge in [-0.2, -0.15) is 0 Å². The highest BCUT2D eigenvalue weighted by molar-refractivity contribution is 5.38. The Bertz CT molecular complexity index is 407. The fraction of sp³-hybridized carbons (Fsp3) is 0.364. The minimum Gasteiger partial charge on any atom is -0.481 e. The van der Waals surface area contributed by atoms with Gasteiger partial charge in [-0.1, -0.05) is 13.5 Å². The molecular weight excluding hydrogens is 222 g/mol. The zero-order valence-corrected chi connectivity index (χ0v) is 9.68. The van der Waals surface area contributed by atoms with Gasteiger partial charge in [-0.25, -0.2) is 0 Å². The van der Waals surface area contributed by atoms with Gasteiger partial charge in [-0.15, -0.1) is 0 Å². The Morgan fingerprint density at radius 2 is 2.47 bits per heavy atom. The Balaban J connectivity index is 2.57. The van der Waals surface area contributed by atoms with Gasteiger partial charge in [-0.05, 0) is 34.2 Å². The van der Waals surface area contributed by atoms with Crippen LogP contribution in [-0.2, 0) is 0 Å². The molecule has 1 heterocycles. The van der Waals surface area contributed by atoms with Gasteiger partial charge in [0.05, 0.1) is 0 Å². The van der Waals surface area contributed by atoms with Gasteiger partial charge in [0.25, 0.3) is 0 Å². The Morgan fingerprint density at radius 3 is 3.12 bits per heavy atom. The molecule has 0 unspecified atom stereocenters. The molecule has 1 N–H and O–H groups in total. The van der Waals surface area contributed by atoms with Crippen molar-refractivity contribution in [3.63, 3.8) is 0 Å². The third-order valence-electron chi connectivity index (χ3n) is 1.98. The zero-order valence-electron chi connectivity index (χ0n) is 9.68. The normalized spacial score (nSPS) is 9.94. The van der Waals surface area contributed by atoms with Crippen molar-refractivity contribution in [2.75, 3.05) is 19.7 Å². The molecule has 0 radical (unpaired) electrons. The SMILES string of the molecule is C=C(CNCC)COc1cccnc1[N+](=O)[O-]. The maximum absolute atomic E-state index is 10.7. The number of nitrogens with zero attached hydrogens (tertiary/aromatic N) is 2. The molecular formula is C11H15N3O3. The number of likely N-dealkylation sites (N-methyl/N-ethyl adjacent to an activating group) is 1. The van der Waals surface area contributed by atoms with E-state index in [9.17, 15) is 10.1 Å². The Hall–Kier alpha value is -1.95. The minimum atomic E-state index is -0.567. The molecule has 6 heteroatoms. The topological polar surface area (TPSA) is 77.3 Å². The Kier molecular flexibility index (Phi) is 5.09. The molecule has 0 saturated carbocycles. The summed E-state index contributed by atoms with van der Waals surface area (Å²) in [5.74, 6) is -0.112. The highest BCUT2D eigenvalue weighted by Crippen LogP contribution is 2.22. The van der Waals surface area contributed by atoms with E-state index in [-0.39, 0.29) is 18.2 Å². The van der Waals surface area contributed by atoms with Crippen LogP contribution < -0.4 is 10.1 Å². The highest BCUT2D eigenvalue weighted by atomic mass is 16.6. The first kappa shape index (κ1) is 13.1. The number of nitro groups is 1. The molecule has 6 nitrogen and oxygen atoms in total. The molecule has 0 bridgehead atoms. The van der Waals surface area contributed by atoms with Crippen LogP contribution >= 0.6 is 0 Å². The van der Waals surface area contributed by atoms with Crippen LogP contribution in [0.2, 0.25) is 0 Å². The highest BCUT2D eigenvalue weighted by Gasteiger charge is 2.15. The van der Waals surface area contributed by atoms with Crippen molar-refractivity contribution in [2.24, 2.45) is 0 Å². The lowest BCUT2D eigenvalue weighted by atomic mass is 10.3. The van der Waals surface area contributed by atoms with E-state index in [1.165, 1.54) is 12.3 Å². The summed E-state index contributed by atoms with van der Waals surface area (Å²) < 4.78 is 5.31. The summed E-state index contributed by atoms with van der Waals surface area (Å²) in [6.07, 6.45) is 1.36. The molecule has 0 atom stereocenters. The summed E-state index contributed by atoms with van der Waals surface area (Å²) in [4.78, 5) is 13.7. The number of pyridine rings is 1. The molecule has 0 aliphatic rings. The van der Waals surface area contributed by atoms with Gasteiger partial charge < -0.3 is 20.2 Å². The van der Waals surface area contributed by atoms with E-state index in [1.54, 1.807) is 6.07 Å². The number of ether oxygens (including phenoxy) is 1. The van der Waals surface area contributed by atoms with E-state index in [0.717, 1.165) is 12.1 Å². The third-order valence-corrected chi connectivity index (χ3v) is 1.98. The van der Waals surface area contributed by atoms with E-state index < -0.39 is 4.92 Å². The van der Waals surface area contributed by atoms with Gasteiger partial charge in [0, 0.05) is 6.54 Å². The van der Waals surface area contributed by atoms with Crippen LogP contribution in [0.4, 0.5) is 5.82 Å². The summed E-state index contributed by atoms with van der Waals surface area (Å²) in [6, 6.07) is 3.11. The quantitative estimate of drug-likeness (QED) is 0.442. The minimum absolute atomic E-state index is 0.162. The molecule has 1 aromatic rings. The number of rotatable bonds is 7. The van der Waals surface area contributed by atoms with Crippen molar-refractivity contribution >= 4 is 5.82 Å². The van der Waals surface area contributed by atoms with Crippen molar-refractivity contribution in [2.45, 2.75) is 6.92 Å². The average Bonchev–Trinajstić information content (AvgIpc) is 2.34. The maximum atomic E-state index is 10.7. The number of hydrogen-bond donors (Lipinski definition) is 1. The lowest BCUT2D eigenvalue weighted by Crippen LogP contribution is -2.19. The van der Waals surface area contributed by atoms with E-state index in [1.807, 2.05) is 6.92 Å². The molecule has 1 rings (SSSR count). The average molecular weight is 237 g/mol. The first-order valence-corrected chi connectivity index (χ1v) is 5.24. The van der Waals surface area contributed by atoms with Crippen molar-refractivity contribution in [1.82, 2.24) is 10.3 Å². The van der Waals surface area contributed by atoms with Crippen LogP contribution in [0.1, 0.15) is 6.92 Å². The van der Waals surface area contributed by atoms with Gasteiger partial charge >= 0.3 is 5.82 Å². The molecule has 17 heavy (non-hydrogen) atoms. The summed E-state index contributed by atoms with van der Waals surface area (Å²) in [5.41, 5.74) is 0.824. The predicted octanol–water partition coefficient (Wildman–Crippen LogP) is 1.53. The summed E-state index contributed by atoms with van der Waals surface area (Å²) in [5, 5.41) is 13.8. The third kappa shape index (κ3) is 4.20. The lowest BCUT2D eigenvalue weighted by Gasteiger charge is -2.08.